The summed E-state index contributed by atoms with van der Waals surface area (Å²) < 4.78 is 23.5. The maximum atomic E-state index is 11.8. The second-order valence-corrected chi connectivity index (χ2v) is 6.13. The summed E-state index contributed by atoms with van der Waals surface area (Å²) in [6, 6.07) is 4.66. The molecule has 1 amide bonds. The van der Waals surface area contributed by atoms with Crippen LogP contribution in [0.15, 0.2) is 23.1 Å². The molecule has 1 aromatic carbocycles. The number of carbonyl (C=O) groups is 1. The van der Waals surface area contributed by atoms with Crippen LogP contribution in [0.2, 0.25) is 0 Å². The Balaban J connectivity index is 2.48. The lowest BCUT2D eigenvalue weighted by Gasteiger charge is -2.19. The van der Waals surface area contributed by atoms with Crippen molar-refractivity contribution in [3.8, 4) is 0 Å². The predicted molar refractivity (Wildman–Crippen MR) is 63.2 cm³/mol. The maximum Gasteiger partial charge on any atom is 0.411 e. The first-order valence-corrected chi connectivity index (χ1v) is 6.89. The number of hydrogen-bond donors (Lipinski definition) is 1. The van der Waals surface area contributed by atoms with E-state index in [0.29, 0.717) is 29.0 Å². The smallest absolute Gasteiger partial charge is 0.411 e. The SMILES string of the molecule is CN(C(=O)O)c1ccc2c(c1)CCCS2(=O)=O. The van der Waals surface area contributed by atoms with Crippen LogP contribution in [-0.2, 0) is 16.3 Å². The van der Waals surface area contributed by atoms with E-state index >= 15 is 0 Å². The van der Waals surface area contributed by atoms with Gasteiger partial charge < -0.3 is 5.11 Å². The third kappa shape index (κ3) is 2.12. The number of benzene rings is 1. The van der Waals surface area contributed by atoms with Crippen LogP contribution < -0.4 is 4.90 Å². The minimum absolute atomic E-state index is 0.175. The lowest BCUT2D eigenvalue weighted by molar-refractivity contribution is 0.203. The summed E-state index contributed by atoms with van der Waals surface area (Å²) in [6.07, 6.45) is 0.203. The Bertz CT molecular complexity index is 565. The Labute approximate surface area is 99.6 Å². The third-order valence-electron chi connectivity index (χ3n) is 2.91. The van der Waals surface area contributed by atoms with Crippen LogP contribution in [-0.4, -0.2) is 32.4 Å². The highest BCUT2D eigenvalue weighted by molar-refractivity contribution is 7.91. The van der Waals surface area contributed by atoms with Gasteiger partial charge >= 0.3 is 6.09 Å². The Morgan fingerprint density at radius 2 is 2.12 bits per heavy atom. The first kappa shape index (κ1) is 11.9. The Kier molecular flexibility index (Phi) is 2.82. The van der Waals surface area contributed by atoms with Crippen molar-refractivity contribution in [1.29, 1.82) is 0 Å². The fraction of sp³-hybridized carbons (Fsp3) is 0.364. The lowest BCUT2D eigenvalue weighted by Crippen LogP contribution is -2.24. The van der Waals surface area contributed by atoms with Crippen LogP contribution in [0.25, 0.3) is 0 Å². The van der Waals surface area contributed by atoms with Gasteiger partial charge in [-0.1, -0.05) is 0 Å². The zero-order chi connectivity index (χ0) is 12.6. The largest absolute Gasteiger partial charge is 0.465 e. The minimum atomic E-state index is -3.17. The van der Waals surface area contributed by atoms with Crippen molar-refractivity contribution < 1.29 is 18.3 Å². The summed E-state index contributed by atoms with van der Waals surface area (Å²) in [5.74, 6) is 0.175. The van der Waals surface area contributed by atoms with Gasteiger partial charge in [0.15, 0.2) is 9.84 Å². The molecule has 0 aliphatic carbocycles. The lowest BCUT2D eigenvalue weighted by atomic mass is 10.1. The zero-order valence-corrected chi connectivity index (χ0v) is 10.2. The molecular weight excluding hydrogens is 242 g/mol. The number of nitrogens with zero attached hydrogens (tertiary/aromatic N) is 1. The highest BCUT2D eigenvalue weighted by Gasteiger charge is 2.24. The number of amides is 1. The molecule has 0 radical (unpaired) electrons. The molecule has 0 saturated heterocycles. The summed E-state index contributed by atoms with van der Waals surface area (Å²) in [5.41, 5.74) is 1.20. The normalized spacial score (nSPS) is 17.2. The average molecular weight is 255 g/mol. The minimum Gasteiger partial charge on any atom is -0.465 e. The molecular formula is C11H13NO4S. The van der Waals surface area contributed by atoms with Crippen LogP contribution in [0, 0.1) is 0 Å². The molecule has 0 saturated carbocycles. The third-order valence-corrected chi connectivity index (χ3v) is 4.81. The van der Waals surface area contributed by atoms with Crippen molar-refractivity contribution in [3.63, 3.8) is 0 Å². The van der Waals surface area contributed by atoms with E-state index < -0.39 is 15.9 Å². The van der Waals surface area contributed by atoms with Gasteiger partial charge in [-0.05, 0) is 36.6 Å². The fourth-order valence-electron chi connectivity index (χ4n) is 1.95. The van der Waals surface area contributed by atoms with E-state index in [1.807, 2.05) is 0 Å². The fourth-order valence-corrected chi connectivity index (χ4v) is 3.53. The maximum absolute atomic E-state index is 11.8. The van der Waals surface area contributed by atoms with E-state index in [1.165, 1.54) is 19.2 Å². The van der Waals surface area contributed by atoms with Crippen LogP contribution >= 0.6 is 0 Å². The number of fused-ring (bicyclic) bond motifs is 1. The van der Waals surface area contributed by atoms with Gasteiger partial charge in [0.2, 0.25) is 0 Å². The van der Waals surface area contributed by atoms with Crippen LogP contribution in [0.4, 0.5) is 10.5 Å². The Hall–Kier alpha value is -1.56. The van der Waals surface area contributed by atoms with E-state index in [0.717, 1.165) is 4.90 Å². The number of aryl methyl sites for hydroxylation is 1. The van der Waals surface area contributed by atoms with Gasteiger partial charge in [-0.25, -0.2) is 13.2 Å². The number of hydrogen-bond acceptors (Lipinski definition) is 3. The molecule has 6 heteroatoms. The average Bonchev–Trinajstić information content (AvgIpc) is 2.27. The molecule has 2 rings (SSSR count). The number of sulfone groups is 1. The first-order chi connectivity index (χ1) is 7.92. The van der Waals surface area contributed by atoms with E-state index in [2.05, 4.69) is 0 Å². The van der Waals surface area contributed by atoms with Gasteiger partial charge in [0.1, 0.15) is 0 Å². The molecule has 1 aliphatic heterocycles. The summed E-state index contributed by atoms with van der Waals surface area (Å²) in [4.78, 5) is 12.2. The molecule has 92 valence electrons. The number of anilines is 1. The molecule has 17 heavy (non-hydrogen) atoms. The van der Waals surface area contributed by atoms with Crippen molar-refractivity contribution in [2.45, 2.75) is 17.7 Å². The second kappa shape index (κ2) is 4.03. The molecule has 5 nitrogen and oxygen atoms in total. The van der Waals surface area contributed by atoms with Gasteiger partial charge in [0, 0.05) is 12.7 Å². The van der Waals surface area contributed by atoms with Crippen molar-refractivity contribution in [2.75, 3.05) is 17.7 Å². The molecule has 0 spiro atoms. The highest BCUT2D eigenvalue weighted by Crippen LogP contribution is 2.28. The summed E-state index contributed by atoms with van der Waals surface area (Å²) in [5, 5.41) is 8.85. The predicted octanol–water partition coefficient (Wildman–Crippen LogP) is 1.52. The van der Waals surface area contributed by atoms with Gasteiger partial charge in [0.25, 0.3) is 0 Å². The molecule has 1 heterocycles. The monoisotopic (exact) mass is 255 g/mol. The zero-order valence-electron chi connectivity index (χ0n) is 9.38. The van der Waals surface area contributed by atoms with Crippen molar-refractivity contribution in [2.24, 2.45) is 0 Å². The Morgan fingerprint density at radius 1 is 1.41 bits per heavy atom. The van der Waals surface area contributed by atoms with Crippen LogP contribution in [0.5, 0.6) is 0 Å². The van der Waals surface area contributed by atoms with Crippen molar-refractivity contribution in [1.82, 2.24) is 0 Å². The van der Waals surface area contributed by atoms with E-state index in [9.17, 15) is 13.2 Å². The van der Waals surface area contributed by atoms with Crippen LogP contribution in [0.1, 0.15) is 12.0 Å². The Morgan fingerprint density at radius 3 is 2.76 bits per heavy atom. The van der Waals surface area contributed by atoms with Crippen molar-refractivity contribution in [3.05, 3.63) is 23.8 Å². The molecule has 1 aliphatic rings. The van der Waals surface area contributed by atoms with Crippen molar-refractivity contribution >= 4 is 21.6 Å². The van der Waals surface area contributed by atoms with E-state index in [4.69, 9.17) is 5.11 Å². The standard InChI is InChI=1S/C11H13NO4S/c1-12(11(13)14)9-4-5-10-8(7-9)3-2-6-17(10,15)16/h4-5,7H,2-3,6H2,1H3,(H,13,14). The van der Waals surface area contributed by atoms with Gasteiger partial charge in [-0.15, -0.1) is 0 Å². The topological polar surface area (TPSA) is 74.7 Å². The summed E-state index contributed by atoms with van der Waals surface area (Å²) >= 11 is 0. The molecule has 1 N–H and O–H groups in total. The van der Waals surface area contributed by atoms with E-state index in [1.54, 1.807) is 6.07 Å². The first-order valence-electron chi connectivity index (χ1n) is 5.24. The molecule has 0 atom stereocenters. The summed E-state index contributed by atoms with van der Waals surface area (Å²) in [6.45, 7) is 0. The molecule has 0 fully saturated rings. The quantitative estimate of drug-likeness (QED) is 0.825. The molecule has 0 aromatic heterocycles. The van der Waals surface area contributed by atoms with Gasteiger partial charge in [0.05, 0.1) is 10.6 Å². The number of rotatable bonds is 1. The molecule has 0 unspecified atom stereocenters. The highest BCUT2D eigenvalue weighted by atomic mass is 32.2. The number of carboxylic acid groups (broad SMARTS) is 1. The van der Waals surface area contributed by atoms with Crippen LogP contribution in [0.3, 0.4) is 0 Å². The second-order valence-electron chi connectivity index (χ2n) is 4.06. The summed E-state index contributed by atoms with van der Waals surface area (Å²) in [7, 11) is -1.74. The molecule has 0 bridgehead atoms. The molecule has 1 aromatic rings. The van der Waals surface area contributed by atoms with Gasteiger partial charge in [-0.2, -0.15) is 0 Å². The van der Waals surface area contributed by atoms with Gasteiger partial charge in [-0.3, -0.25) is 4.90 Å². The van der Waals surface area contributed by atoms with E-state index in [-0.39, 0.29) is 5.75 Å².